The molecule has 0 aliphatic carbocycles. The van der Waals surface area contributed by atoms with Crippen LogP contribution >= 0.6 is 0 Å². The van der Waals surface area contributed by atoms with E-state index >= 15 is 0 Å². The molecule has 0 unspecified atom stereocenters. The van der Waals surface area contributed by atoms with E-state index in [1.165, 1.54) is 47.3 Å². The fourth-order valence-electron chi connectivity index (χ4n) is 13.0. The predicted octanol–water partition coefficient (Wildman–Crippen LogP) is 22.8. The smallest absolute Gasteiger partial charge is 0.441 e. The van der Waals surface area contributed by atoms with E-state index in [1.54, 1.807) is 37.1 Å². The van der Waals surface area contributed by atoms with Crippen molar-refractivity contribution in [1.29, 1.82) is 0 Å². The molecule has 0 aliphatic heterocycles. The molecule has 0 spiro atoms. The van der Waals surface area contributed by atoms with E-state index in [9.17, 15) is 36.6 Å². The molecule has 0 radical (unpaired) electrons. The fraction of sp³-hybridized carbons (Fsp3) is 0.245. The van der Waals surface area contributed by atoms with Crippen LogP contribution in [0.1, 0.15) is 116 Å². The van der Waals surface area contributed by atoms with Crippen molar-refractivity contribution in [2.45, 2.75) is 154 Å². The number of benzene rings is 8. The van der Waals surface area contributed by atoms with E-state index in [-0.39, 0.29) is 73.5 Å². The van der Waals surface area contributed by atoms with Gasteiger partial charge in [0.15, 0.2) is 0 Å². The maximum absolute atomic E-state index is 12.2. The predicted molar refractivity (Wildman–Crippen MR) is 509 cm³/mol. The van der Waals surface area contributed by atoms with Crippen LogP contribution in [0, 0.1) is 104 Å². The van der Waals surface area contributed by atoms with Gasteiger partial charge in [-0.25, -0.2) is 0 Å². The van der Waals surface area contributed by atoms with Crippen molar-refractivity contribution in [2.75, 3.05) is 0 Å². The van der Waals surface area contributed by atoms with Gasteiger partial charge in [-0.05, 0) is 123 Å². The summed E-state index contributed by atoms with van der Waals surface area (Å²) in [7, 11) is 5.87. The quantitative estimate of drug-likeness (QED) is 0.0679. The Hall–Kier alpha value is -12.8. The Morgan fingerprint density at radius 3 is 0.853 bits per heavy atom. The first-order valence-corrected chi connectivity index (χ1v) is 42.8. The van der Waals surface area contributed by atoms with Crippen molar-refractivity contribution in [1.82, 2.24) is 91.4 Å². The van der Waals surface area contributed by atoms with Gasteiger partial charge < -0.3 is 56.7 Å². The molecule has 0 saturated carbocycles. The second-order valence-electron chi connectivity index (χ2n) is 31.9. The number of pyridine rings is 1. The third kappa shape index (κ3) is 33.1. The van der Waals surface area contributed by atoms with Crippen LogP contribution in [0.2, 0.25) is 0 Å². The van der Waals surface area contributed by atoms with E-state index in [4.69, 9.17) is 0 Å². The second-order valence-corrected chi connectivity index (χ2v) is 31.9. The number of nitrogens with zero attached hydrogens (tertiary/aromatic N) is 19. The van der Waals surface area contributed by atoms with Gasteiger partial charge in [0.2, 0.25) is 0 Å². The molecule has 0 aliphatic rings. The Kier molecular flexibility index (Phi) is 43.4. The summed E-state index contributed by atoms with van der Waals surface area (Å²) >= 11 is 0. The Balaban J connectivity index is 0.000000208. The zero-order valence-electron chi connectivity index (χ0n) is 78.6. The number of imidazole rings is 9. The molecule has 708 valence electrons. The molecule has 21 nitrogen and oxygen atoms in total. The molecule has 2 N–H and O–H groups in total. The van der Waals surface area contributed by atoms with Crippen molar-refractivity contribution in [2.24, 2.45) is 21.1 Å². The molecular formula is C106H108F6Ir3N19O2. The van der Waals surface area contributed by atoms with Crippen LogP contribution in [0.4, 0.5) is 26.3 Å². The van der Waals surface area contributed by atoms with Crippen LogP contribution in [-0.4, -0.2) is 109 Å². The summed E-state index contributed by atoms with van der Waals surface area (Å²) in [5.74, 6) is 2.59. The van der Waals surface area contributed by atoms with Gasteiger partial charge in [-0.2, -0.15) is 26.3 Å². The Morgan fingerprint density at radius 1 is 0.316 bits per heavy atom. The Labute approximate surface area is 833 Å². The maximum Gasteiger partial charge on any atom is 3.00 e. The second kappa shape index (κ2) is 53.5. The van der Waals surface area contributed by atoms with Gasteiger partial charge >= 0.3 is 72.7 Å². The van der Waals surface area contributed by atoms with Crippen molar-refractivity contribution >= 4 is 0 Å². The fourth-order valence-corrected chi connectivity index (χ4v) is 13.0. The summed E-state index contributed by atoms with van der Waals surface area (Å²) in [6.07, 6.45) is 21.2. The minimum absolute atomic E-state index is 0. The SMILES string of the molecule is Cc1ccc[c-]c1-c1cn(C(C)C)cn1.Cc1ccc[c-]c1-c1cn(C(C)C)cn1.Cc1ccc[c-]c1-c1cn(C(C)C)cn1.Cc1ccc[c-]c1-c1cn(C)cn1.Cc1ccc[c-]c1-c1cn(CC(F)(F)F)cn1.Cc1ccc[c-]c1-c1cn(CC(F)(F)F)cn1.Cc1nc(-c2[c-]cccc2CO)cn1C.Cc1nc(-c2[c-]cccc2CO)cn1C.[Ir+3].[Ir+3].[Ir+3].c1ccc(-c2ncc[n-]2)nc1. The van der Waals surface area contributed by atoms with E-state index in [0.717, 1.165) is 127 Å². The molecule has 10 aromatic heterocycles. The van der Waals surface area contributed by atoms with E-state index in [0.29, 0.717) is 35.3 Å². The average molecular weight is 2370 g/mol. The van der Waals surface area contributed by atoms with Gasteiger partial charge in [0.1, 0.15) is 13.1 Å². The largest absolute Gasteiger partial charge is 3.00 e. The summed E-state index contributed by atoms with van der Waals surface area (Å²) in [6.45, 7) is 26.8. The molecule has 0 atom stereocenters. The van der Waals surface area contributed by atoms with Crippen molar-refractivity contribution in [3.8, 4) is 102 Å². The molecule has 8 aromatic carbocycles. The summed E-state index contributed by atoms with van der Waals surface area (Å²) in [4.78, 5) is 46.3. The number of aryl methyl sites for hydroxylation is 11. The Bertz CT molecular complexity index is 6160. The topological polar surface area (TPSA) is 223 Å². The van der Waals surface area contributed by atoms with Gasteiger partial charge in [-0.1, -0.05) is 60.0 Å². The van der Waals surface area contributed by atoms with Crippen molar-refractivity contribution in [3.05, 3.63) is 375 Å². The maximum atomic E-state index is 12.2. The first kappa shape index (κ1) is 110. The van der Waals surface area contributed by atoms with Crippen molar-refractivity contribution < 1.29 is 96.9 Å². The minimum atomic E-state index is -4.23. The standard InChI is InChI=1S/3C13H15N2.2C12H10F3N2.2C12H13N2O.C11H11N2.C8H6N3.3Ir/c3*1-10(2)15-8-13(14-9-15)12-7-5-4-6-11(12)3;2*1-9-4-2-3-5-10(9)11-6-17(8-16-11)7-12(13,14)15;2*1-9-13-12(7-14(9)2)11-6-4-3-5-10(11)8-15;1-9-5-3-4-6-10(9)11-7-13(2)8-12-11;1-2-4-9-7(3-1)8-10-5-6-11-8;;;/h3*4-6,8-10H,1-3H3;2*2-4,6,8H,7H2,1H3;2*3-5,7,15H,8H2,1-2H3;3-5,7-8H,1-2H3;1-6H;;;/q9*-1;3*+3. The number of aliphatic hydroxyl groups is 2. The number of aliphatic hydroxyl groups excluding tert-OH is 2. The average Bonchev–Trinajstić information content (AvgIpc) is 1.70. The first-order chi connectivity index (χ1) is 63.6. The number of rotatable bonds is 16. The zero-order valence-corrected chi connectivity index (χ0v) is 85.8. The van der Waals surface area contributed by atoms with Gasteiger partial charge in [0.05, 0.1) is 55.3 Å². The number of halogens is 6. The summed E-state index contributed by atoms with van der Waals surface area (Å²) in [5, 5.41) is 18.4. The van der Waals surface area contributed by atoms with Crippen LogP contribution in [0.3, 0.4) is 0 Å². The Morgan fingerprint density at radius 2 is 0.610 bits per heavy atom. The van der Waals surface area contributed by atoms with Crippen LogP contribution in [-0.2, 0) is 108 Å². The van der Waals surface area contributed by atoms with Crippen LogP contribution < -0.4 is 4.98 Å². The molecule has 30 heteroatoms. The number of hydrogen-bond acceptors (Lipinski definition) is 12. The summed E-state index contributed by atoms with van der Waals surface area (Å²) in [6, 6.07) is 78.0. The van der Waals surface area contributed by atoms with Gasteiger partial charge in [-0.3, -0.25) is 44.9 Å². The van der Waals surface area contributed by atoms with E-state index < -0.39 is 25.4 Å². The number of aromatic nitrogens is 19. The van der Waals surface area contributed by atoms with Crippen LogP contribution in [0.15, 0.2) is 270 Å². The molecule has 18 rings (SSSR count). The summed E-state index contributed by atoms with van der Waals surface area (Å²) in [5.41, 5.74) is 23.6. The molecule has 136 heavy (non-hydrogen) atoms. The third-order valence-electron chi connectivity index (χ3n) is 20.5. The third-order valence-corrected chi connectivity index (χ3v) is 20.5. The van der Waals surface area contributed by atoms with E-state index in [1.807, 2.05) is 228 Å². The molecule has 0 bridgehead atoms. The first-order valence-electron chi connectivity index (χ1n) is 42.8. The molecule has 0 amide bonds. The van der Waals surface area contributed by atoms with Crippen molar-refractivity contribution in [3.63, 3.8) is 0 Å². The summed E-state index contributed by atoms with van der Waals surface area (Å²) < 4.78 is 87.3. The molecule has 0 saturated heterocycles. The monoisotopic (exact) mass is 2370 g/mol. The van der Waals surface area contributed by atoms with Gasteiger partial charge in [0, 0.05) is 104 Å². The number of hydrogen-bond donors (Lipinski definition) is 2. The zero-order chi connectivity index (χ0) is 95.9. The molecule has 18 aromatic rings. The van der Waals surface area contributed by atoms with E-state index in [2.05, 4.69) is 229 Å². The van der Waals surface area contributed by atoms with Crippen LogP contribution in [0.25, 0.3) is 102 Å². The normalized spacial score (nSPS) is 10.7. The van der Waals surface area contributed by atoms with Crippen LogP contribution in [0.5, 0.6) is 0 Å². The van der Waals surface area contributed by atoms with Gasteiger partial charge in [-0.15, -0.1) is 283 Å². The molecular weight excluding hydrogens is 2260 g/mol. The number of alkyl halides is 6. The molecule has 0 fully saturated rings. The minimum Gasteiger partial charge on any atom is -0.441 e. The van der Waals surface area contributed by atoms with Gasteiger partial charge in [0.25, 0.3) is 0 Å². The molecule has 10 heterocycles.